The van der Waals surface area contributed by atoms with E-state index in [0.717, 1.165) is 0 Å². The number of likely N-dealkylation sites (tertiary alicyclic amines) is 1. The molecule has 0 radical (unpaired) electrons. The number of hydrogen-bond acceptors (Lipinski definition) is 0. The summed E-state index contributed by atoms with van der Waals surface area (Å²) in [5, 5.41) is 0. The van der Waals surface area contributed by atoms with Crippen LogP contribution in [0.4, 0.5) is 0 Å². The number of unbranched alkanes of at least 4 members (excludes halogenated alkanes) is 2. The van der Waals surface area contributed by atoms with Crippen molar-refractivity contribution in [2.24, 2.45) is 5.41 Å². The van der Waals surface area contributed by atoms with Gasteiger partial charge in [-0.15, -0.1) is 0 Å². The molecule has 1 aliphatic heterocycles. The Hall–Kier alpha value is -0.300. The van der Waals surface area contributed by atoms with E-state index in [1.807, 2.05) is 0 Å². The highest BCUT2D eigenvalue weighted by molar-refractivity contribution is 4.80. The molecule has 0 amide bonds. The van der Waals surface area contributed by atoms with Gasteiger partial charge in [-0.05, 0) is 30.8 Å². The summed E-state index contributed by atoms with van der Waals surface area (Å²) in [6.07, 6.45) is 12.9. The second kappa shape index (κ2) is 6.58. The first-order valence-corrected chi connectivity index (χ1v) is 7.57. The van der Waals surface area contributed by atoms with Gasteiger partial charge in [0.05, 0.1) is 25.8 Å². The van der Waals surface area contributed by atoms with Gasteiger partial charge in [-0.25, -0.2) is 0 Å². The summed E-state index contributed by atoms with van der Waals surface area (Å²) in [4.78, 5) is 0. The summed E-state index contributed by atoms with van der Waals surface area (Å²) in [7, 11) is 0. The van der Waals surface area contributed by atoms with Gasteiger partial charge in [-0.1, -0.05) is 34.1 Å². The topological polar surface area (TPSA) is 0 Å². The van der Waals surface area contributed by atoms with Crippen molar-refractivity contribution in [1.29, 1.82) is 0 Å². The van der Waals surface area contributed by atoms with Crippen LogP contribution in [-0.4, -0.2) is 24.1 Å². The van der Waals surface area contributed by atoms with E-state index in [1.165, 1.54) is 62.6 Å². The average Bonchev–Trinajstić information content (AvgIpc) is 2.29. The minimum Gasteiger partial charge on any atom is -0.298 e. The van der Waals surface area contributed by atoms with Crippen LogP contribution in [0, 0.1) is 5.41 Å². The first-order valence-electron chi connectivity index (χ1n) is 7.57. The first-order chi connectivity index (χ1) is 8.04. The molecular weight excluding hydrogens is 206 g/mol. The van der Waals surface area contributed by atoms with Crippen LogP contribution < -0.4 is 0 Å². The van der Waals surface area contributed by atoms with Gasteiger partial charge in [0.25, 0.3) is 0 Å². The standard InChI is InChI=1S/C16H32N/c1-5-7-8-9-13-17(12-6-2)14-10-16(3,4)11-15-17/h9,13H,5-8,10-12,14-15H2,1-4H3/q+1/b13-9-. The summed E-state index contributed by atoms with van der Waals surface area (Å²) in [6.45, 7) is 13.5. The minimum absolute atomic E-state index is 0.576. The van der Waals surface area contributed by atoms with Crippen molar-refractivity contribution in [3.8, 4) is 0 Å². The summed E-state index contributed by atoms with van der Waals surface area (Å²) in [5.41, 5.74) is 0.576. The maximum Gasteiger partial charge on any atom is 0.0918 e. The Bertz CT molecular complexity index is 230. The number of rotatable bonds is 6. The molecule has 0 saturated carbocycles. The van der Waals surface area contributed by atoms with Gasteiger partial charge in [0.2, 0.25) is 0 Å². The normalized spacial score (nSPS) is 23.1. The van der Waals surface area contributed by atoms with E-state index in [2.05, 4.69) is 40.0 Å². The lowest BCUT2D eigenvalue weighted by Crippen LogP contribution is -2.51. The van der Waals surface area contributed by atoms with Gasteiger partial charge in [0, 0.05) is 12.8 Å². The smallest absolute Gasteiger partial charge is 0.0918 e. The van der Waals surface area contributed by atoms with E-state index in [9.17, 15) is 0 Å². The van der Waals surface area contributed by atoms with Crippen molar-refractivity contribution in [2.75, 3.05) is 19.6 Å². The van der Waals surface area contributed by atoms with Crippen molar-refractivity contribution in [2.45, 2.75) is 66.2 Å². The predicted molar refractivity (Wildman–Crippen MR) is 76.8 cm³/mol. The van der Waals surface area contributed by atoms with Crippen molar-refractivity contribution in [3.05, 3.63) is 12.3 Å². The van der Waals surface area contributed by atoms with Gasteiger partial charge < -0.3 is 0 Å². The Labute approximate surface area is 108 Å². The molecule has 0 unspecified atom stereocenters. The van der Waals surface area contributed by atoms with Gasteiger partial charge in [0.1, 0.15) is 0 Å². The zero-order chi connectivity index (χ0) is 12.8. The van der Waals surface area contributed by atoms with E-state index in [-0.39, 0.29) is 0 Å². The van der Waals surface area contributed by atoms with Crippen LogP contribution in [0.1, 0.15) is 66.2 Å². The lowest BCUT2D eigenvalue weighted by Gasteiger charge is -2.44. The quantitative estimate of drug-likeness (QED) is 0.463. The van der Waals surface area contributed by atoms with E-state index in [4.69, 9.17) is 0 Å². The fourth-order valence-corrected chi connectivity index (χ4v) is 2.80. The Morgan fingerprint density at radius 3 is 2.24 bits per heavy atom. The molecule has 0 aromatic carbocycles. The summed E-state index contributed by atoms with van der Waals surface area (Å²) < 4.78 is 1.25. The Kier molecular flexibility index (Phi) is 5.72. The van der Waals surface area contributed by atoms with Crippen LogP contribution in [-0.2, 0) is 0 Å². The average molecular weight is 238 g/mol. The van der Waals surface area contributed by atoms with Crippen molar-refractivity contribution < 1.29 is 4.48 Å². The van der Waals surface area contributed by atoms with Crippen LogP contribution in [0.2, 0.25) is 0 Å². The first kappa shape index (κ1) is 14.8. The highest BCUT2D eigenvalue weighted by atomic mass is 15.3. The van der Waals surface area contributed by atoms with Crippen LogP contribution in [0.15, 0.2) is 12.3 Å². The van der Waals surface area contributed by atoms with Gasteiger partial charge in [-0.2, -0.15) is 0 Å². The second-order valence-electron chi connectivity index (χ2n) is 6.58. The molecule has 0 aromatic heterocycles. The molecule has 1 heteroatoms. The molecule has 1 fully saturated rings. The van der Waals surface area contributed by atoms with Gasteiger partial charge >= 0.3 is 0 Å². The largest absolute Gasteiger partial charge is 0.298 e. The van der Waals surface area contributed by atoms with E-state index in [0.29, 0.717) is 5.41 Å². The summed E-state index contributed by atoms with van der Waals surface area (Å²) in [5.74, 6) is 0. The fourth-order valence-electron chi connectivity index (χ4n) is 2.80. The highest BCUT2D eigenvalue weighted by Gasteiger charge is 2.35. The summed E-state index contributed by atoms with van der Waals surface area (Å²) >= 11 is 0. The van der Waals surface area contributed by atoms with Crippen molar-refractivity contribution in [1.82, 2.24) is 0 Å². The van der Waals surface area contributed by atoms with Gasteiger partial charge in [-0.3, -0.25) is 4.48 Å². The van der Waals surface area contributed by atoms with E-state index in [1.54, 1.807) is 0 Å². The molecule has 0 aromatic rings. The molecular formula is C16H32N+. The third kappa shape index (κ3) is 4.83. The molecule has 17 heavy (non-hydrogen) atoms. The van der Waals surface area contributed by atoms with Crippen molar-refractivity contribution >= 4 is 0 Å². The van der Waals surface area contributed by atoms with Gasteiger partial charge in [0.15, 0.2) is 0 Å². The number of piperidine rings is 1. The number of allylic oxidation sites excluding steroid dienone is 1. The highest BCUT2D eigenvalue weighted by Crippen LogP contribution is 2.34. The maximum atomic E-state index is 2.52. The zero-order valence-corrected chi connectivity index (χ0v) is 12.5. The molecule has 1 heterocycles. The predicted octanol–water partition coefficient (Wildman–Crippen LogP) is 4.74. The summed E-state index contributed by atoms with van der Waals surface area (Å²) in [6, 6.07) is 0. The zero-order valence-electron chi connectivity index (χ0n) is 12.5. The van der Waals surface area contributed by atoms with E-state index >= 15 is 0 Å². The lowest BCUT2D eigenvalue weighted by molar-refractivity contribution is -0.887. The Morgan fingerprint density at radius 2 is 1.71 bits per heavy atom. The molecule has 0 aliphatic carbocycles. The Balaban J connectivity index is 2.55. The third-order valence-corrected chi connectivity index (χ3v) is 4.28. The van der Waals surface area contributed by atoms with E-state index < -0.39 is 0 Å². The van der Waals surface area contributed by atoms with Crippen LogP contribution >= 0.6 is 0 Å². The molecule has 1 aliphatic rings. The van der Waals surface area contributed by atoms with Crippen molar-refractivity contribution in [3.63, 3.8) is 0 Å². The third-order valence-electron chi connectivity index (χ3n) is 4.28. The molecule has 0 spiro atoms. The number of nitrogens with zero attached hydrogens (tertiary/aromatic N) is 1. The van der Waals surface area contributed by atoms with Crippen LogP contribution in [0.5, 0.6) is 0 Å². The molecule has 1 nitrogen and oxygen atoms in total. The Morgan fingerprint density at radius 1 is 1.06 bits per heavy atom. The molecule has 100 valence electrons. The molecule has 0 N–H and O–H groups in total. The fraction of sp³-hybridized carbons (Fsp3) is 0.875. The second-order valence-corrected chi connectivity index (χ2v) is 6.58. The molecule has 0 atom stereocenters. The SMILES string of the molecule is CCCC/C=C\[N+]1(CCC)CCC(C)(C)CC1. The van der Waals surface area contributed by atoms with Crippen LogP contribution in [0.25, 0.3) is 0 Å². The number of hydrogen-bond donors (Lipinski definition) is 0. The molecule has 1 saturated heterocycles. The van der Waals surface area contributed by atoms with Crippen LogP contribution in [0.3, 0.4) is 0 Å². The lowest BCUT2D eigenvalue weighted by atomic mass is 9.81. The molecule has 1 rings (SSSR count). The monoisotopic (exact) mass is 238 g/mol. The number of quaternary nitrogens is 1. The molecule has 0 bridgehead atoms. The maximum absolute atomic E-state index is 2.52. The minimum atomic E-state index is 0.576.